The molecule has 1 aliphatic carbocycles. The second-order valence-electron chi connectivity index (χ2n) is 6.63. The molecule has 2 aromatic rings. The predicted octanol–water partition coefficient (Wildman–Crippen LogP) is 2.87. The van der Waals surface area contributed by atoms with Crippen LogP contribution in [0.5, 0.6) is 11.5 Å². The number of hydrogen-bond acceptors (Lipinski definition) is 4. The quantitative estimate of drug-likeness (QED) is 0.871. The molecule has 0 atom stereocenters. The van der Waals surface area contributed by atoms with E-state index < -0.39 is 0 Å². The van der Waals surface area contributed by atoms with Crippen LogP contribution in [-0.4, -0.2) is 26.0 Å². The van der Waals surface area contributed by atoms with Crippen molar-refractivity contribution >= 4 is 23.2 Å². The van der Waals surface area contributed by atoms with E-state index in [1.54, 1.807) is 14.2 Å². The Morgan fingerprint density at radius 2 is 1.54 bits per heavy atom. The highest BCUT2D eigenvalue weighted by atomic mass is 16.5. The van der Waals surface area contributed by atoms with Crippen molar-refractivity contribution in [2.24, 2.45) is 0 Å². The van der Waals surface area contributed by atoms with E-state index in [4.69, 9.17) is 9.47 Å². The molecule has 2 N–H and O–H groups in total. The Bertz CT molecular complexity index is 903. The van der Waals surface area contributed by atoms with Gasteiger partial charge in [0.2, 0.25) is 11.8 Å². The fourth-order valence-electron chi connectivity index (χ4n) is 3.67. The second-order valence-corrected chi connectivity index (χ2v) is 6.63. The van der Waals surface area contributed by atoms with Gasteiger partial charge in [0.15, 0.2) is 0 Å². The van der Waals surface area contributed by atoms with E-state index in [-0.39, 0.29) is 17.2 Å². The minimum atomic E-state index is -0.248. The minimum absolute atomic E-state index is 0.0366. The summed E-state index contributed by atoms with van der Waals surface area (Å²) in [7, 11) is 3.26. The molecule has 0 saturated heterocycles. The molecule has 134 valence electrons. The summed E-state index contributed by atoms with van der Waals surface area (Å²) in [4.78, 5) is 22.7. The molecule has 2 aromatic carbocycles. The van der Waals surface area contributed by atoms with Crippen molar-refractivity contribution in [2.75, 3.05) is 24.9 Å². The van der Waals surface area contributed by atoms with E-state index in [2.05, 4.69) is 10.6 Å². The number of carbonyl (C=O) groups excluding carboxylic acids is 2. The molecule has 6 heteroatoms. The van der Waals surface area contributed by atoms with Gasteiger partial charge in [-0.2, -0.15) is 0 Å². The number of amides is 2. The molecule has 0 bridgehead atoms. The molecule has 0 aromatic heterocycles. The number of hydrogen-bond donors (Lipinski definition) is 2. The standard InChI is InChI=1S/C11H11NO2.C9H9NO2/c1-14-8-4-2-3-7-9(8)11(5-6-11)10(13)12-7;1-12-8-4-2-3-7-6(8)5-9(11)10-7/h2-4H,5-6H2,1H3,(H,12,13);2-4H,5H2,1H3,(H,10,11). The first-order chi connectivity index (χ1) is 12.6. The third kappa shape index (κ3) is 2.49. The summed E-state index contributed by atoms with van der Waals surface area (Å²) in [6, 6.07) is 11.4. The van der Waals surface area contributed by atoms with Crippen molar-refractivity contribution in [1.82, 2.24) is 0 Å². The summed E-state index contributed by atoms with van der Waals surface area (Å²) in [5.74, 6) is 1.79. The van der Waals surface area contributed by atoms with Crippen LogP contribution in [0, 0.1) is 0 Å². The molecule has 1 saturated carbocycles. The normalized spacial score (nSPS) is 17.5. The Hall–Kier alpha value is -3.02. The van der Waals surface area contributed by atoms with E-state index >= 15 is 0 Å². The van der Waals surface area contributed by atoms with Gasteiger partial charge in [-0.25, -0.2) is 0 Å². The number of methoxy groups -OCH3 is 2. The molecule has 3 aliphatic rings. The van der Waals surface area contributed by atoms with Crippen molar-refractivity contribution in [3.05, 3.63) is 47.5 Å². The van der Waals surface area contributed by atoms with Crippen LogP contribution in [0.15, 0.2) is 36.4 Å². The van der Waals surface area contributed by atoms with Crippen molar-refractivity contribution < 1.29 is 19.1 Å². The molecule has 2 amide bonds. The Balaban J connectivity index is 0.000000131. The zero-order chi connectivity index (χ0) is 18.3. The molecule has 5 rings (SSSR count). The Morgan fingerprint density at radius 1 is 0.885 bits per heavy atom. The zero-order valence-corrected chi connectivity index (χ0v) is 14.7. The number of anilines is 2. The predicted molar refractivity (Wildman–Crippen MR) is 97.9 cm³/mol. The third-order valence-electron chi connectivity index (χ3n) is 5.12. The van der Waals surface area contributed by atoms with Gasteiger partial charge in [-0.1, -0.05) is 12.1 Å². The van der Waals surface area contributed by atoms with Gasteiger partial charge in [-0.05, 0) is 37.1 Å². The molecule has 0 unspecified atom stereocenters. The third-order valence-corrected chi connectivity index (χ3v) is 5.12. The molecule has 2 aliphatic heterocycles. The number of benzene rings is 2. The van der Waals surface area contributed by atoms with Gasteiger partial charge < -0.3 is 20.1 Å². The zero-order valence-electron chi connectivity index (χ0n) is 14.7. The van der Waals surface area contributed by atoms with Crippen molar-refractivity contribution in [1.29, 1.82) is 0 Å². The first kappa shape index (κ1) is 16.4. The maximum absolute atomic E-state index is 11.7. The Labute approximate surface area is 151 Å². The molecule has 6 nitrogen and oxygen atoms in total. The van der Waals surface area contributed by atoms with Gasteiger partial charge in [0.25, 0.3) is 0 Å². The minimum Gasteiger partial charge on any atom is -0.496 e. The van der Waals surface area contributed by atoms with Crippen molar-refractivity contribution in [2.45, 2.75) is 24.7 Å². The van der Waals surface area contributed by atoms with Gasteiger partial charge in [-0.3, -0.25) is 9.59 Å². The van der Waals surface area contributed by atoms with Crippen LogP contribution in [0.1, 0.15) is 24.0 Å². The monoisotopic (exact) mass is 352 g/mol. The number of carbonyl (C=O) groups is 2. The summed E-state index contributed by atoms with van der Waals surface area (Å²) >= 11 is 0. The summed E-state index contributed by atoms with van der Waals surface area (Å²) < 4.78 is 10.4. The van der Waals surface area contributed by atoms with Gasteiger partial charge in [-0.15, -0.1) is 0 Å². The lowest BCUT2D eigenvalue weighted by atomic mass is 9.97. The van der Waals surface area contributed by atoms with Gasteiger partial charge in [0, 0.05) is 22.5 Å². The van der Waals surface area contributed by atoms with Crippen LogP contribution >= 0.6 is 0 Å². The summed E-state index contributed by atoms with van der Waals surface area (Å²) in [5.41, 5.74) is 3.57. The molecular formula is C20H20N2O4. The van der Waals surface area contributed by atoms with E-state index in [1.165, 1.54) is 0 Å². The van der Waals surface area contributed by atoms with Crippen LogP contribution in [-0.2, 0) is 21.4 Å². The smallest absolute Gasteiger partial charge is 0.235 e. The highest BCUT2D eigenvalue weighted by molar-refractivity contribution is 6.09. The van der Waals surface area contributed by atoms with E-state index in [0.717, 1.165) is 46.8 Å². The van der Waals surface area contributed by atoms with Gasteiger partial charge in [0.05, 0.1) is 26.1 Å². The van der Waals surface area contributed by atoms with E-state index in [1.807, 2.05) is 36.4 Å². The summed E-state index contributed by atoms with van der Waals surface area (Å²) in [6.07, 6.45) is 2.33. The van der Waals surface area contributed by atoms with Crippen molar-refractivity contribution in [3.8, 4) is 11.5 Å². The van der Waals surface area contributed by atoms with Gasteiger partial charge in [0.1, 0.15) is 11.5 Å². The fourth-order valence-corrected chi connectivity index (χ4v) is 3.67. The molecule has 1 fully saturated rings. The topological polar surface area (TPSA) is 76.7 Å². The second kappa shape index (κ2) is 6.05. The van der Waals surface area contributed by atoms with Crippen LogP contribution in [0.3, 0.4) is 0 Å². The maximum Gasteiger partial charge on any atom is 0.235 e. The van der Waals surface area contributed by atoms with Gasteiger partial charge >= 0.3 is 0 Å². The first-order valence-electron chi connectivity index (χ1n) is 8.54. The first-order valence-corrected chi connectivity index (χ1v) is 8.54. The van der Waals surface area contributed by atoms with E-state index in [0.29, 0.717) is 6.42 Å². The van der Waals surface area contributed by atoms with Crippen LogP contribution < -0.4 is 20.1 Å². The Morgan fingerprint density at radius 3 is 2.19 bits per heavy atom. The summed E-state index contributed by atoms with van der Waals surface area (Å²) in [6.45, 7) is 0. The van der Waals surface area contributed by atoms with Crippen molar-refractivity contribution in [3.63, 3.8) is 0 Å². The summed E-state index contributed by atoms with van der Waals surface area (Å²) in [5, 5.41) is 5.66. The molecular weight excluding hydrogens is 332 g/mol. The molecule has 2 heterocycles. The SMILES string of the molecule is COc1cccc2c1C1(CC1)C(=O)N2.COc1cccc2c1CC(=O)N2. The fraction of sp³-hybridized carbons (Fsp3) is 0.300. The average molecular weight is 352 g/mol. The number of ether oxygens (including phenoxy) is 2. The van der Waals surface area contributed by atoms with Crippen LogP contribution in [0.4, 0.5) is 11.4 Å². The average Bonchev–Trinajstić information content (AvgIpc) is 3.28. The van der Waals surface area contributed by atoms with Crippen LogP contribution in [0.25, 0.3) is 0 Å². The lowest BCUT2D eigenvalue weighted by Crippen LogP contribution is -2.18. The molecule has 0 radical (unpaired) electrons. The molecule has 1 spiro atoms. The lowest BCUT2D eigenvalue weighted by Gasteiger charge is -2.09. The van der Waals surface area contributed by atoms with Crippen LogP contribution in [0.2, 0.25) is 0 Å². The van der Waals surface area contributed by atoms with E-state index in [9.17, 15) is 9.59 Å². The molecule has 26 heavy (non-hydrogen) atoms. The highest BCUT2D eigenvalue weighted by Crippen LogP contribution is 2.57. The number of fused-ring (bicyclic) bond motifs is 3. The Kier molecular flexibility index (Phi) is 3.83. The highest BCUT2D eigenvalue weighted by Gasteiger charge is 2.57. The largest absolute Gasteiger partial charge is 0.496 e. The number of rotatable bonds is 2. The number of nitrogens with one attached hydrogen (secondary N) is 2. The maximum atomic E-state index is 11.7. The lowest BCUT2D eigenvalue weighted by molar-refractivity contribution is -0.118.